The van der Waals surface area contributed by atoms with Crippen molar-refractivity contribution in [1.82, 2.24) is 19.7 Å². The number of nitrogens with one attached hydrogen (secondary N) is 1. The SMILES string of the molecule is O=CNCc1cnn(-c2ccccc2)c1-n1cccc1. The van der Waals surface area contributed by atoms with Crippen LogP contribution in [0.15, 0.2) is 61.1 Å². The minimum absolute atomic E-state index is 0.448. The molecule has 2 aromatic heterocycles. The van der Waals surface area contributed by atoms with E-state index in [9.17, 15) is 4.79 Å². The van der Waals surface area contributed by atoms with Gasteiger partial charge < -0.3 is 9.88 Å². The Morgan fingerprint density at radius 2 is 1.85 bits per heavy atom. The Morgan fingerprint density at radius 1 is 1.10 bits per heavy atom. The first-order valence-electron chi connectivity index (χ1n) is 6.33. The lowest BCUT2D eigenvalue weighted by Crippen LogP contribution is -2.12. The van der Waals surface area contributed by atoms with Crippen molar-refractivity contribution in [2.24, 2.45) is 0 Å². The third-order valence-electron chi connectivity index (χ3n) is 3.04. The van der Waals surface area contributed by atoms with E-state index in [4.69, 9.17) is 0 Å². The molecular formula is C15H14N4O. The van der Waals surface area contributed by atoms with Crippen molar-refractivity contribution in [1.29, 1.82) is 0 Å². The molecule has 1 N–H and O–H groups in total. The third-order valence-corrected chi connectivity index (χ3v) is 3.04. The van der Waals surface area contributed by atoms with Gasteiger partial charge in [-0.25, -0.2) is 4.68 Å². The van der Waals surface area contributed by atoms with Gasteiger partial charge in [0.05, 0.1) is 11.9 Å². The first-order chi connectivity index (χ1) is 9.90. The molecule has 0 spiro atoms. The Balaban J connectivity index is 2.11. The summed E-state index contributed by atoms with van der Waals surface area (Å²) in [6, 6.07) is 13.8. The predicted octanol–water partition coefficient (Wildman–Crippen LogP) is 1.91. The van der Waals surface area contributed by atoms with Gasteiger partial charge in [0.1, 0.15) is 5.82 Å². The predicted molar refractivity (Wildman–Crippen MR) is 75.8 cm³/mol. The molecule has 0 aliphatic rings. The van der Waals surface area contributed by atoms with E-state index in [0.717, 1.165) is 17.1 Å². The van der Waals surface area contributed by atoms with Crippen molar-refractivity contribution in [2.45, 2.75) is 6.54 Å². The van der Waals surface area contributed by atoms with Crippen LogP contribution in [-0.4, -0.2) is 20.8 Å². The third kappa shape index (κ3) is 2.21. The van der Waals surface area contributed by atoms with Gasteiger partial charge in [-0.1, -0.05) is 18.2 Å². The van der Waals surface area contributed by atoms with Crippen molar-refractivity contribution in [2.75, 3.05) is 0 Å². The molecule has 0 bridgehead atoms. The molecular weight excluding hydrogens is 252 g/mol. The highest BCUT2D eigenvalue weighted by atomic mass is 16.1. The van der Waals surface area contributed by atoms with Gasteiger partial charge in [-0.15, -0.1) is 0 Å². The zero-order valence-electron chi connectivity index (χ0n) is 10.8. The van der Waals surface area contributed by atoms with Crippen molar-refractivity contribution in [3.8, 4) is 11.5 Å². The maximum Gasteiger partial charge on any atom is 0.207 e. The van der Waals surface area contributed by atoms with Crippen molar-refractivity contribution >= 4 is 6.41 Å². The van der Waals surface area contributed by atoms with Crippen LogP contribution in [0.2, 0.25) is 0 Å². The largest absolute Gasteiger partial charge is 0.354 e. The van der Waals surface area contributed by atoms with Gasteiger partial charge in [0.15, 0.2) is 0 Å². The van der Waals surface area contributed by atoms with E-state index in [-0.39, 0.29) is 0 Å². The van der Waals surface area contributed by atoms with Crippen molar-refractivity contribution in [3.63, 3.8) is 0 Å². The van der Waals surface area contributed by atoms with Crippen LogP contribution in [0.3, 0.4) is 0 Å². The fourth-order valence-corrected chi connectivity index (χ4v) is 2.16. The Bertz CT molecular complexity index is 686. The van der Waals surface area contributed by atoms with Crippen LogP contribution in [-0.2, 0) is 11.3 Å². The monoisotopic (exact) mass is 266 g/mol. The van der Waals surface area contributed by atoms with Crippen LogP contribution in [0, 0.1) is 0 Å². The number of aromatic nitrogens is 3. The average Bonchev–Trinajstić information content (AvgIpc) is 3.14. The van der Waals surface area contributed by atoms with Crippen LogP contribution < -0.4 is 5.32 Å². The molecule has 1 aromatic carbocycles. The maximum atomic E-state index is 10.5. The number of amides is 1. The number of hydrogen-bond acceptors (Lipinski definition) is 2. The second-order valence-electron chi connectivity index (χ2n) is 4.33. The summed E-state index contributed by atoms with van der Waals surface area (Å²) < 4.78 is 3.85. The maximum absolute atomic E-state index is 10.5. The molecule has 0 saturated carbocycles. The fourth-order valence-electron chi connectivity index (χ4n) is 2.16. The first-order valence-corrected chi connectivity index (χ1v) is 6.33. The summed E-state index contributed by atoms with van der Waals surface area (Å²) in [4.78, 5) is 10.5. The lowest BCUT2D eigenvalue weighted by Gasteiger charge is -2.10. The zero-order valence-corrected chi connectivity index (χ0v) is 10.8. The van der Waals surface area contributed by atoms with Gasteiger partial charge in [0, 0.05) is 24.5 Å². The number of benzene rings is 1. The van der Waals surface area contributed by atoms with Gasteiger partial charge in [0.2, 0.25) is 6.41 Å². The topological polar surface area (TPSA) is 51.9 Å². The molecule has 2 heterocycles. The van der Waals surface area contributed by atoms with E-state index >= 15 is 0 Å². The highest BCUT2D eigenvalue weighted by Gasteiger charge is 2.13. The molecule has 0 aliphatic heterocycles. The molecule has 1 amide bonds. The lowest BCUT2D eigenvalue weighted by atomic mass is 10.3. The van der Waals surface area contributed by atoms with E-state index in [1.54, 1.807) is 6.20 Å². The van der Waals surface area contributed by atoms with E-state index in [1.807, 2.05) is 64.1 Å². The van der Waals surface area contributed by atoms with E-state index in [1.165, 1.54) is 0 Å². The molecule has 0 radical (unpaired) electrons. The van der Waals surface area contributed by atoms with Crippen molar-refractivity contribution in [3.05, 3.63) is 66.6 Å². The van der Waals surface area contributed by atoms with Crippen LogP contribution in [0.5, 0.6) is 0 Å². The van der Waals surface area contributed by atoms with Crippen LogP contribution in [0.1, 0.15) is 5.56 Å². The quantitative estimate of drug-likeness (QED) is 0.717. The van der Waals surface area contributed by atoms with Gasteiger partial charge in [0.25, 0.3) is 0 Å². The summed E-state index contributed by atoms with van der Waals surface area (Å²) in [5.41, 5.74) is 1.94. The Hall–Kier alpha value is -2.82. The molecule has 0 unspecified atom stereocenters. The van der Waals surface area contributed by atoms with Crippen LogP contribution in [0.4, 0.5) is 0 Å². The number of rotatable bonds is 5. The molecule has 0 saturated heterocycles. The van der Waals surface area contributed by atoms with E-state index < -0.39 is 0 Å². The summed E-state index contributed by atoms with van der Waals surface area (Å²) in [6.45, 7) is 0.448. The molecule has 3 rings (SSSR count). The summed E-state index contributed by atoms with van der Waals surface area (Å²) in [6.07, 6.45) is 6.39. The first kappa shape index (κ1) is 12.2. The minimum Gasteiger partial charge on any atom is -0.354 e. The Labute approximate surface area is 116 Å². The van der Waals surface area contributed by atoms with Crippen LogP contribution in [0.25, 0.3) is 11.5 Å². The summed E-state index contributed by atoms with van der Waals surface area (Å²) in [7, 11) is 0. The van der Waals surface area contributed by atoms with Gasteiger partial charge >= 0.3 is 0 Å². The molecule has 5 heteroatoms. The molecule has 5 nitrogen and oxygen atoms in total. The van der Waals surface area contributed by atoms with E-state index in [0.29, 0.717) is 13.0 Å². The number of nitrogens with zero attached hydrogens (tertiary/aromatic N) is 3. The second kappa shape index (κ2) is 5.44. The smallest absolute Gasteiger partial charge is 0.207 e. The van der Waals surface area contributed by atoms with Gasteiger partial charge in [-0.2, -0.15) is 5.10 Å². The summed E-state index contributed by atoms with van der Waals surface area (Å²) >= 11 is 0. The standard InChI is InChI=1S/C15H14N4O/c20-12-16-10-13-11-17-19(14-6-2-1-3-7-14)15(13)18-8-4-5-9-18/h1-9,11-12H,10H2,(H,16,20). The Kier molecular flexibility index (Phi) is 3.33. The number of carbonyl (C=O) groups excluding carboxylic acids is 1. The molecule has 0 fully saturated rings. The fraction of sp³-hybridized carbons (Fsp3) is 0.0667. The molecule has 0 aliphatic carbocycles. The number of hydrogen-bond donors (Lipinski definition) is 1. The van der Waals surface area contributed by atoms with Gasteiger partial charge in [-0.3, -0.25) is 4.79 Å². The number of para-hydroxylation sites is 1. The van der Waals surface area contributed by atoms with Crippen molar-refractivity contribution < 1.29 is 4.79 Å². The summed E-state index contributed by atoms with van der Waals surface area (Å²) in [5, 5.41) is 7.12. The molecule has 20 heavy (non-hydrogen) atoms. The lowest BCUT2D eigenvalue weighted by molar-refractivity contribution is -0.109. The molecule has 0 atom stereocenters. The molecule has 3 aromatic rings. The average molecular weight is 266 g/mol. The normalized spacial score (nSPS) is 10.4. The zero-order chi connectivity index (χ0) is 13.8. The second-order valence-corrected chi connectivity index (χ2v) is 4.33. The van der Waals surface area contributed by atoms with Crippen LogP contribution >= 0.6 is 0 Å². The summed E-state index contributed by atoms with van der Waals surface area (Å²) in [5.74, 6) is 0.926. The number of carbonyl (C=O) groups is 1. The highest BCUT2D eigenvalue weighted by molar-refractivity contribution is 5.48. The minimum atomic E-state index is 0.448. The Morgan fingerprint density at radius 3 is 2.55 bits per heavy atom. The van der Waals surface area contributed by atoms with Gasteiger partial charge in [-0.05, 0) is 24.3 Å². The highest BCUT2D eigenvalue weighted by Crippen LogP contribution is 2.19. The molecule has 100 valence electrons. The van der Waals surface area contributed by atoms with E-state index in [2.05, 4.69) is 10.4 Å².